The minimum atomic E-state index is 0.616. The first-order valence-corrected chi connectivity index (χ1v) is 6.13. The maximum Gasteiger partial charge on any atom is 0.119 e. The van der Waals surface area contributed by atoms with Gasteiger partial charge in [-0.25, -0.2) is 0 Å². The Morgan fingerprint density at radius 1 is 1.33 bits per heavy atom. The molecule has 0 N–H and O–H groups in total. The van der Waals surface area contributed by atoms with E-state index in [-0.39, 0.29) is 0 Å². The third-order valence-electron chi connectivity index (χ3n) is 2.00. The first kappa shape index (κ1) is 12.1. The topological polar surface area (TPSA) is 33.0 Å². The fourth-order valence-electron chi connectivity index (χ4n) is 1.21. The number of hydrogen-bond acceptors (Lipinski definition) is 2. The monoisotopic (exact) mass is 267 g/mol. The van der Waals surface area contributed by atoms with Gasteiger partial charge in [-0.1, -0.05) is 28.1 Å². The zero-order valence-electron chi connectivity index (χ0n) is 8.58. The molecule has 0 atom stereocenters. The van der Waals surface area contributed by atoms with Crippen LogP contribution in [0.3, 0.4) is 0 Å². The van der Waals surface area contributed by atoms with E-state index in [0.717, 1.165) is 23.9 Å². The fourth-order valence-corrected chi connectivity index (χ4v) is 1.56. The van der Waals surface area contributed by atoms with Gasteiger partial charge in [-0.15, -0.1) is 0 Å². The molecule has 80 valence electrons. The second-order valence-corrected chi connectivity index (χ2v) is 3.81. The Balaban J connectivity index is 2.28. The van der Waals surface area contributed by atoms with E-state index in [1.54, 1.807) is 0 Å². The van der Waals surface area contributed by atoms with E-state index in [9.17, 15) is 0 Å². The molecule has 2 nitrogen and oxygen atoms in total. The molecule has 0 aliphatic heterocycles. The highest BCUT2D eigenvalue weighted by Crippen LogP contribution is 2.15. The van der Waals surface area contributed by atoms with Crippen molar-refractivity contribution < 1.29 is 4.74 Å². The first-order chi connectivity index (χ1) is 7.36. The van der Waals surface area contributed by atoms with Crippen LogP contribution in [0.2, 0.25) is 0 Å². The quantitative estimate of drug-likeness (QED) is 0.582. The Hall–Kier alpha value is -1.01. The average molecular weight is 268 g/mol. The highest BCUT2D eigenvalue weighted by molar-refractivity contribution is 9.08. The summed E-state index contributed by atoms with van der Waals surface area (Å²) in [6, 6.07) is 10.1. The summed E-state index contributed by atoms with van der Waals surface area (Å²) in [5, 5.41) is 9.20. The normalized spacial score (nSPS) is 9.60. The van der Waals surface area contributed by atoms with E-state index in [1.165, 1.54) is 5.56 Å². The summed E-state index contributed by atoms with van der Waals surface area (Å²) in [4.78, 5) is 0. The second kappa shape index (κ2) is 7.30. The van der Waals surface area contributed by atoms with Crippen molar-refractivity contribution in [2.24, 2.45) is 0 Å². The highest BCUT2D eigenvalue weighted by atomic mass is 79.9. The summed E-state index contributed by atoms with van der Waals surface area (Å²) in [6.45, 7) is 0.688. The summed E-state index contributed by atoms with van der Waals surface area (Å²) in [6.07, 6.45) is 2.46. The number of nitriles is 1. The van der Waals surface area contributed by atoms with Crippen molar-refractivity contribution in [3.8, 4) is 11.8 Å². The van der Waals surface area contributed by atoms with Crippen LogP contribution < -0.4 is 4.74 Å². The van der Waals surface area contributed by atoms with Gasteiger partial charge in [-0.3, -0.25) is 0 Å². The number of halogens is 1. The lowest BCUT2D eigenvalue weighted by Gasteiger charge is -2.06. The minimum absolute atomic E-state index is 0.616. The van der Waals surface area contributed by atoms with Crippen molar-refractivity contribution in [3.63, 3.8) is 0 Å². The van der Waals surface area contributed by atoms with Crippen LogP contribution >= 0.6 is 15.9 Å². The van der Waals surface area contributed by atoms with Gasteiger partial charge in [0, 0.05) is 11.8 Å². The van der Waals surface area contributed by atoms with Crippen molar-refractivity contribution in [1.29, 1.82) is 5.26 Å². The van der Waals surface area contributed by atoms with Crippen molar-refractivity contribution in [2.75, 3.05) is 6.61 Å². The molecule has 0 aromatic heterocycles. The van der Waals surface area contributed by atoms with Crippen molar-refractivity contribution in [3.05, 3.63) is 29.8 Å². The smallest absolute Gasteiger partial charge is 0.119 e. The molecule has 0 amide bonds. The largest absolute Gasteiger partial charge is 0.494 e. The van der Waals surface area contributed by atoms with Gasteiger partial charge in [0.05, 0.1) is 12.7 Å². The third kappa shape index (κ3) is 4.85. The molecule has 1 rings (SSSR count). The van der Waals surface area contributed by atoms with Crippen molar-refractivity contribution in [2.45, 2.75) is 24.6 Å². The van der Waals surface area contributed by atoms with Gasteiger partial charge in [0.25, 0.3) is 0 Å². The Kier molecular flexibility index (Phi) is 5.87. The molecule has 0 spiro atoms. The van der Waals surface area contributed by atoms with E-state index in [2.05, 4.69) is 28.1 Å². The Bertz CT molecular complexity index is 333. The maximum atomic E-state index is 8.35. The van der Waals surface area contributed by atoms with Gasteiger partial charge in [-0.2, -0.15) is 5.26 Å². The fraction of sp³-hybridized carbons (Fsp3) is 0.417. The molecular formula is C12H14BrNO. The summed E-state index contributed by atoms with van der Waals surface area (Å²) in [5.74, 6) is 0.906. The van der Waals surface area contributed by atoms with Gasteiger partial charge in [0.1, 0.15) is 5.75 Å². The molecule has 1 aromatic rings. The Morgan fingerprint density at radius 2 is 2.20 bits per heavy atom. The van der Waals surface area contributed by atoms with Gasteiger partial charge < -0.3 is 4.74 Å². The molecule has 0 bridgehead atoms. The third-order valence-corrected chi connectivity index (χ3v) is 2.65. The van der Waals surface area contributed by atoms with Crippen LogP contribution in [-0.2, 0) is 5.33 Å². The SMILES string of the molecule is N#CCCCCOc1cccc(CBr)c1. The van der Waals surface area contributed by atoms with Crippen LogP contribution in [-0.4, -0.2) is 6.61 Å². The van der Waals surface area contributed by atoms with Gasteiger partial charge in [-0.05, 0) is 30.5 Å². The molecule has 0 saturated heterocycles. The molecule has 15 heavy (non-hydrogen) atoms. The average Bonchev–Trinajstić information content (AvgIpc) is 2.29. The predicted molar refractivity (Wildman–Crippen MR) is 64.0 cm³/mol. The van der Waals surface area contributed by atoms with E-state index in [1.807, 2.05) is 18.2 Å². The lowest BCUT2D eigenvalue weighted by atomic mass is 10.2. The van der Waals surface area contributed by atoms with Crippen LogP contribution in [0.5, 0.6) is 5.75 Å². The Morgan fingerprint density at radius 3 is 2.93 bits per heavy atom. The van der Waals surface area contributed by atoms with E-state index in [4.69, 9.17) is 10.00 Å². The lowest BCUT2D eigenvalue weighted by molar-refractivity contribution is 0.307. The standard InChI is InChI=1S/C12H14BrNO/c13-10-11-5-4-6-12(9-11)15-8-3-1-2-7-14/h4-6,9H,1-3,8,10H2. The molecular weight excluding hydrogens is 254 g/mol. The van der Waals surface area contributed by atoms with Crippen LogP contribution in [0.1, 0.15) is 24.8 Å². The Labute approximate surface area is 99.0 Å². The molecule has 0 aliphatic carbocycles. The maximum absolute atomic E-state index is 8.35. The minimum Gasteiger partial charge on any atom is -0.494 e. The van der Waals surface area contributed by atoms with Gasteiger partial charge >= 0.3 is 0 Å². The second-order valence-electron chi connectivity index (χ2n) is 3.24. The number of ether oxygens (including phenoxy) is 1. The predicted octanol–water partition coefficient (Wildman–Crippen LogP) is 3.65. The highest BCUT2D eigenvalue weighted by Gasteiger charge is 1.95. The van der Waals surface area contributed by atoms with Crippen LogP contribution in [0.25, 0.3) is 0 Å². The summed E-state index contributed by atoms with van der Waals surface area (Å²) in [7, 11) is 0. The summed E-state index contributed by atoms with van der Waals surface area (Å²) >= 11 is 3.40. The van der Waals surface area contributed by atoms with E-state index in [0.29, 0.717) is 13.0 Å². The molecule has 1 aromatic carbocycles. The number of nitrogens with zero attached hydrogens (tertiary/aromatic N) is 1. The number of alkyl halides is 1. The van der Waals surface area contributed by atoms with Crippen LogP contribution in [0.4, 0.5) is 0 Å². The molecule has 0 unspecified atom stereocenters. The molecule has 0 aliphatic rings. The summed E-state index contributed by atoms with van der Waals surface area (Å²) < 4.78 is 5.56. The van der Waals surface area contributed by atoms with Crippen molar-refractivity contribution >= 4 is 15.9 Å². The lowest BCUT2D eigenvalue weighted by Crippen LogP contribution is -1.97. The van der Waals surface area contributed by atoms with E-state index >= 15 is 0 Å². The van der Waals surface area contributed by atoms with E-state index < -0.39 is 0 Å². The number of rotatable bonds is 6. The number of benzene rings is 1. The number of hydrogen-bond donors (Lipinski definition) is 0. The number of unbranched alkanes of at least 4 members (excludes halogenated alkanes) is 2. The zero-order valence-corrected chi connectivity index (χ0v) is 10.2. The van der Waals surface area contributed by atoms with Crippen molar-refractivity contribution in [1.82, 2.24) is 0 Å². The molecule has 0 fully saturated rings. The first-order valence-electron chi connectivity index (χ1n) is 5.01. The zero-order chi connectivity index (χ0) is 10.9. The summed E-state index contributed by atoms with van der Waals surface area (Å²) in [5.41, 5.74) is 1.21. The van der Waals surface area contributed by atoms with Crippen LogP contribution in [0, 0.1) is 11.3 Å². The molecule has 3 heteroatoms. The molecule has 0 radical (unpaired) electrons. The van der Waals surface area contributed by atoms with Gasteiger partial charge in [0.15, 0.2) is 0 Å². The van der Waals surface area contributed by atoms with Gasteiger partial charge in [0.2, 0.25) is 0 Å². The van der Waals surface area contributed by atoms with Crippen LogP contribution in [0.15, 0.2) is 24.3 Å². The molecule has 0 heterocycles. The molecule has 0 saturated carbocycles.